The summed E-state index contributed by atoms with van der Waals surface area (Å²) >= 11 is 0. The largest absolute Gasteiger partial charge is 0.396 e. The van der Waals surface area contributed by atoms with Crippen LogP contribution < -0.4 is 0 Å². The van der Waals surface area contributed by atoms with Gasteiger partial charge in [-0.3, -0.25) is 0 Å². The highest BCUT2D eigenvalue weighted by Gasteiger charge is 2.20. The normalized spacial score (nSPS) is 23.2. The average molecular weight is 214 g/mol. The Bertz CT molecular complexity index is 173. The molecule has 1 fully saturated rings. The lowest BCUT2D eigenvalue weighted by Crippen LogP contribution is -2.30. The molecule has 1 aliphatic rings. The van der Waals surface area contributed by atoms with Crippen LogP contribution in [0.3, 0.4) is 0 Å². The fourth-order valence-corrected chi connectivity index (χ4v) is 2.07. The van der Waals surface area contributed by atoms with Gasteiger partial charge in [0, 0.05) is 19.2 Å². The number of likely N-dealkylation sites (tertiary alicyclic amines) is 1. The molecule has 1 N–H and O–H groups in total. The van der Waals surface area contributed by atoms with Crippen LogP contribution in [-0.4, -0.2) is 60.8 Å². The van der Waals surface area contributed by atoms with E-state index in [4.69, 9.17) is 5.11 Å². The van der Waals surface area contributed by atoms with Crippen LogP contribution in [-0.2, 0) is 0 Å². The van der Waals surface area contributed by atoms with Gasteiger partial charge in [-0.2, -0.15) is 0 Å². The zero-order valence-electron chi connectivity index (χ0n) is 10.4. The summed E-state index contributed by atoms with van der Waals surface area (Å²) in [5, 5.41) is 9.04. The first-order valence-corrected chi connectivity index (χ1v) is 6.17. The molecular formula is C12H26N2O. The van der Waals surface area contributed by atoms with Crippen molar-refractivity contribution >= 4 is 0 Å². The van der Waals surface area contributed by atoms with E-state index in [1.165, 1.54) is 32.5 Å². The van der Waals surface area contributed by atoms with Crippen LogP contribution in [0.1, 0.15) is 26.7 Å². The van der Waals surface area contributed by atoms with Crippen LogP contribution in [0.2, 0.25) is 0 Å². The van der Waals surface area contributed by atoms with Crippen LogP contribution in [0.15, 0.2) is 0 Å². The standard InChI is InChI=1S/C12H26N2O/c1-11(2)13(3)6-4-7-14-8-5-12(9-14)10-15/h11-12,15H,4-10H2,1-3H3. The Balaban J connectivity index is 2.06. The molecule has 1 aliphatic heterocycles. The summed E-state index contributed by atoms with van der Waals surface area (Å²) in [6, 6.07) is 0.647. The van der Waals surface area contributed by atoms with Crippen LogP contribution in [0.5, 0.6) is 0 Å². The summed E-state index contributed by atoms with van der Waals surface area (Å²) in [6.45, 7) is 9.47. The van der Waals surface area contributed by atoms with Crippen molar-refractivity contribution in [1.82, 2.24) is 9.80 Å². The predicted molar refractivity (Wildman–Crippen MR) is 64.0 cm³/mol. The maximum Gasteiger partial charge on any atom is 0.0471 e. The number of hydrogen-bond acceptors (Lipinski definition) is 3. The predicted octanol–water partition coefficient (Wildman–Crippen LogP) is 1.03. The summed E-state index contributed by atoms with van der Waals surface area (Å²) in [7, 11) is 2.19. The molecule has 1 unspecified atom stereocenters. The molecule has 0 spiro atoms. The summed E-state index contributed by atoms with van der Waals surface area (Å²) in [6.07, 6.45) is 2.42. The molecule has 15 heavy (non-hydrogen) atoms. The van der Waals surface area contributed by atoms with Crippen LogP contribution in [0.25, 0.3) is 0 Å². The molecule has 0 bridgehead atoms. The van der Waals surface area contributed by atoms with Crippen LogP contribution in [0.4, 0.5) is 0 Å². The van der Waals surface area contributed by atoms with Crippen molar-refractivity contribution in [1.29, 1.82) is 0 Å². The molecule has 1 atom stereocenters. The van der Waals surface area contributed by atoms with Gasteiger partial charge < -0.3 is 14.9 Å². The van der Waals surface area contributed by atoms with Gasteiger partial charge in [0.25, 0.3) is 0 Å². The fourth-order valence-electron chi connectivity index (χ4n) is 2.07. The lowest BCUT2D eigenvalue weighted by Gasteiger charge is -2.22. The SMILES string of the molecule is CC(C)N(C)CCCN1CCC(CO)C1. The van der Waals surface area contributed by atoms with Gasteiger partial charge in [0.2, 0.25) is 0 Å². The topological polar surface area (TPSA) is 26.7 Å². The molecule has 1 saturated heterocycles. The third-order valence-corrected chi connectivity index (χ3v) is 3.49. The minimum Gasteiger partial charge on any atom is -0.396 e. The number of aliphatic hydroxyl groups is 1. The molecule has 0 amide bonds. The van der Waals surface area contributed by atoms with Gasteiger partial charge >= 0.3 is 0 Å². The monoisotopic (exact) mass is 214 g/mol. The highest BCUT2D eigenvalue weighted by molar-refractivity contribution is 4.75. The molecule has 3 heteroatoms. The summed E-state index contributed by atoms with van der Waals surface area (Å²) in [4.78, 5) is 4.87. The maximum atomic E-state index is 9.04. The third kappa shape index (κ3) is 4.49. The minimum atomic E-state index is 0.363. The van der Waals surface area contributed by atoms with Crippen molar-refractivity contribution in [2.24, 2.45) is 5.92 Å². The number of rotatable bonds is 6. The molecule has 0 aliphatic carbocycles. The van der Waals surface area contributed by atoms with E-state index in [0.29, 0.717) is 18.6 Å². The molecule has 0 aromatic rings. The molecule has 3 nitrogen and oxygen atoms in total. The lowest BCUT2D eigenvalue weighted by molar-refractivity contribution is 0.213. The Hall–Kier alpha value is -0.120. The van der Waals surface area contributed by atoms with Gasteiger partial charge in [0.1, 0.15) is 0 Å². The molecule has 1 heterocycles. The minimum absolute atomic E-state index is 0.363. The second-order valence-electron chi connectivity index (χ2n) is 5.07. The molecule has 90 valence electrons. The summed E-state index contributed by atoms with van der Waals surface area (Å²) in [5.41, 5.74) is 0. The molecule has 1 rings (SSSR count). The number of aliphatic hydroxyl groups excluding tert-OH is 1. The number of nitrogens with zero attached hydrogens (tertiary/aromatic N) is 2. The maximum absolute atomic E-state index is 9.04. The lowest BCUT2D eigenvalue weighted by atomic mass is 10.1. The second kappa shape index (κ2) is 6.46. The molecule has 0 radical (unpaired) electrons. The van der Waals surface area contributed by atoms with Gasteiger partial charge in [-0.25, -0.2) is 0 Å². The zero-order valence-corrected chi connectivity index (χ0v) is 10.4. The van der Waals surface area contributed by atoms with Crippen molar-refractivity contribution < 1.29 is 5.11 Å². The number of hydrogen-bond donors (Lipinski definition) is 1. The highest BCUT2D eigenvalue weighted by Crippen LogP contribution is 2.15. The van der Waals surface area contributed by atoms with Crippen molar-refractivity contribution in [3.8, 4) is 0 Å². The van der Waals surface area contributed by atoms with Crippen molar-refractivity contribution in [3.63, 3.8) is 0 Å². The van der Waals surface area contributed by atoms with Gasteiger partial charge in [-0.05, 0) is 59.3 Å². The summed E-state index contributed by atoms with van der Waals surface area (Å²) in [5.74, 6) is 0.535. The Kier molecular flexibility index (Phi) is 5.58. The average Bonchev–Trinajstić information content (AvgIpc) is 2.65. The first kappa shape index (κ1) is 12.9. The molecule has 0 saturated carbocycles. The summed E-state index contributed by atoms with van der Waals surface area (Å²) < 4.78 is 0. The van der Waals surface area contributed by atoms with Crippen molar-refractivity contribution in [2.75, 3.05) is 39.8 Å². The van der Waals surface area contributed by atoms with Crippen molar-refractivity contribution in [3.05, 3.63) is 0 Å². The fraction of sp³-hybridized carbons (Fsp3) is 1.00. The van der Waals surface area contributed by atoms with Gasteiger partial charge in [-0.1, -0.05) is 0 Å². The van der Waals surface area contributed by atoms with Gasteiger partial charge in [0.05, 0.1) is 0 Å². The second-order valence-corrected chi connectivity index (χ2v) is 5.07. The first-order chi connectivity index (χ1) is 7.13. The van der Waals surface area contributed by atoms with E-state index in [1.807, 2.05) is 0 Å². The Labute approximate surface area is 94.1 Å². The molecule has 0 aromatic heterocycles. The van der Waals surface area contributed by atoms with Gasteiger partial charge in [-0.15, -0.1) is 0 Å². The van der Waals surface area contributed by atoms with E-state index in [-0.39, 0.29) is 0 Å². The van der Waals surface area contributed by atoms with E-state index in [1.54, 1.807) is 0 Å². The van der Waals surface area contributed by atoms with E-state index in [9.17, 15) is 0 Å². The molecule has 0 aromatic carbocycles. The van der Waals surface area contributed by atoms with E-state index in [0.717, 1.165) is 6.54 Å². The van der Waals surface area contributed by atoms with Crippen LogP contribution in [0, 0.1) is 5.92 Å². The van der Waals surface area contributed by atoms with E-state index >= 15 is 0 Å². The third-order valence-electron chi connectivity index (χ3n) is 3.49. The Morgan fingerprint density at radius 2 is 2.20 bits per heavy atom. The quantitative estimate of drug-likeness (QED) is 0.715. The zero-order chi connectivity index (χ0) is 11.3. The van der Waals surface area contributed by atoms with Crippen molar-refractivity contribution in [2.45, 2.75) is 32.7 Å². The first-order valence-electron chi connectivity index (χ1n) is 6.17. The van der Waals surface area contributed by atoms with Gasteiger partial charge in [0.15, 0.2) is 0 Å². The Morgan fingerprint density at radius 3 is 2.73 bits per heavy atom. The smallest absolute Gasteiger partial charge is 0.0471 e. The van der Waals surface area contributed by atoms with Crippen LogP contribution >= 0.6 is 0 Å². The highest BCUT2D eigenvalue weighted by atomic mass is 16.3. The Morgan fingerprint density at radius 1 is 1.47 bits per heavy atom. The van der Waals surface area contributed by atoms with E-state index < -0.39 is 0 Å². The molecular weight excluding hydrogens is 188 g/mol. The van der Waals surface area contributed by atoms with E-state index in [2.05, 4.69) is 30.7 Å².